The first-order chi connectivity index (χ1) is 5.83. The van der Waals surface area contributed by atoms with Crippen molar-refractivity contribution in [1.82, 2.24) is 5.32 Å². The fourth-order valence-corrected chi connectivity index (χ4v) is 1.16. The topological polar surface area (TPSA) is 12.0 Å². The molecule has 1 aromatic rings. The average Bonchev–Trinajstić information content (AvgIpc) is 2.05. The van der Waals surface area contributed by atoms with Gasteiger partial charge in [-0.25, -0.2) is 4.39 Å². The second-order valence-electron chi connectivity index (χ2n) is 2.54. The second kappa shape index (κ2) is 5.17. The quantitative estimate of drug-likeness (QED) is 0.414. The van der Waals surface area contributed by atoms with Crippen LogP contribution in [-0.4, -0.2) is 12.4 Å². The van der Waals surface area contributed by atoms with Crippen molar-refractivity contribution >= 4 is 12.6 Å². The first kappa shape index (κ1) is 9.55. The number of benzene rings is 1. The lowest BCUT2D eigenvalue weighted by atomic mass is 10.1. The summed E-state index contributed by atoms with van der Waals surface area (Å²) in [4.78, 5) is 0. The molecule has 66 valence electrons. The highest BCUT2D eigenvalue weighted by molar-refractivity contribution is 7.80. The van der Waals surface area contributed by atoms with Gasteiger partial charge < -0.3 is 5.32 Å². The van der Waals surface area contributed by atoms with Crippen molar-refractivity contribution in [1.29, 1.82) is 0 Å². The van der Waals surface area contributed by atoms with Crippen LogP contribution in [0.25, 0.3) is 0 Å². The smallest absolute Gasteiger partial charge is 0.123 e. The number of nitrogens with one attached hydrogen (secondary N) is 1. The minimum absolute atomic E-state index is 0.168. The Hall–Kier alpha value is -0.540. The van der Waals surface area contributed by atoms with Gasteiger partial charge in [0.05, 0.1) is 0 Å². The molecule has 0 fully saturated rings. The third kappa shape index (κ3) is 3.24. The van der Waals surface area contributed by atoms with E-state index in [1.165, 1.54) is 6.07 Å². The molecule has 0 saturated heterocycles. The Balaban J connectivity index is 2.41. The van der Waals surface area contributed by atoms with E-state index < -0.39 is 0 Å². The van der Waals surface area contributed by atoms with Gasteiger partial charge in [0, 0.05) is 5.88 Å². The standard InChI is InChI=1S/C9H12FNS/c10-9-3-1-2-8(6-9)4-5-11-7-12/h1-3,6,11-12H,4-5,7H2. The number of hydrogen-bond acceptors (Lipinski definition) is 2. The minimum Gasteiger partial charge on any atom is -0.308 e. The van der Waals surface area contributed by atoms with Gasteiger partial charge in [-0.15, -0.1) is 0 Å². The van der Waals surface area contributed by atoms with Gasteiger partial charge in [0.15, 0.2) is 0 Å². The molecule has 0 bridgehead atoms. The van der Waals surface area contributed by atoms with Gasteiger partial charge in [-0.1, -0.05) is 12.1 Å². The molecule has 1 N–H and O–H groups in total. The summed E-state index contributed by atoms with van der Waals surface area (Å²) in [7, 11) is 0. The van der Waals surface area contributed by atoms with Gasteiger partial charge in [0.2, 0.25) is 0 Å². The largest absolute Gasteiger partial charge is 0.308 e. The highest BCUT2D eigenvalue weighted by Gasteiger charge is 1.93. The molecule has 1 rings (SSSR count). The molecule has 0 spiro atoms. The molecule has 1 aromatic carbocycles. The average molecular weight is 185 g/mol. The Bertz CT molecular complexity index is 240. The summed E-state index contributed by atoms with van der Waals surface area (Å²) < 4.78 is 12.6. The van der Waals surface area contributed by atoms with Crippen LogP contribution in [0.5, 0.6) is 0 Å². The molecule has 0 aliphatic heterocycles. The molecule has 0 atom stereocenters. The second-order valence-corrected chi connectivity index (χ2v) is 2.85. The fourth-order valence-electron chi connectivity index (χ4n) is 1.00. The molecule has 0 radical (unpaired) electrons. The van der Waals surface area contributed by atoms with Gasteiger partial charge in [0.25, 0.3) is 0 Å². The Kier molecular flexibility index (Phi) is 4.11. The fraction of sp³-hybridized carbons (Fsp3) is 0.333. The maximum absolute atomic E-state index is 12.6. The monoisotopic (exact) mass is 185 g/mol. The van der Waals surface area contributed by atoms with E-state index in [9.17, 15) is 4.39 Å². The van der Waals surface area contributed by atoms with E-state index in [1.54, 1.807) is 12.1 Å². The van der Waals surface area contributed by atoms with Gasteiger partial charge >= 0.3 is 0 Å². The zero-order valence-corrected chi connectivity index (χ0v) is 7.65. The van der Waals surface area contributed by atoms with Crippen LogP contribution >= 0.6 is 12.6 Å². The summed E-state index contributed by atoms with van der Waals surface area (Å²) in [6.45, 7) is 0.840. The molecular formula is C9H12FNS. The summed E-state index contributed by atoms with van der Waals surface area (Å²) in [5.41, 5.74) is 1.02. The third-order valence-corrected chi connectivity index (χ3v) is 1.81. The normalized spacial score (nSPS) is 10.2. The van der Waals surface area contributed by atoms with Crippen LogP contribution in [-0.2, 0) is 6.42 Å². The van der Waals surface area contributed by atoms with Crippen molar-refractivity contribution in [3.63, 3.8) is 0 Å². The summed E-state index contributed by atoms with van der Waals surface area (Å²) in [5.74, 6) is 0.494. The maximum Gasteiger partial charge on any atom is 0.123 e. The number of hydrogen-bond donors (Lipinski definition) is 2. The SMILES string of the molecule is Fc1cccc(CCNCS)c1. The van der Waals surface area contributed by atoms with E-state index in [0.717, 1.165) is 18.5 Å². The van der Waals surface area contributed by atoms with Crippen LogP contribution in [0.1, 0.15) is 5.56 Å². The first-order valence-corrected chi connectivity index (χ1v) is 4.52. The van der Waals surface area contributed by atoms with E-state index >= 15 is 0 Å². The molecule has 0 aliphatic carbocycles. The molecule has 0 heterocycles. The van der Waals surface area contributed by atoms with Crippen LogP contribution in [0.2, 0.25) is 0 Å². The van der Waals surface area contributed by atoms with Crippen molar-refractivity contribution in [2.45, 2.75) is 6.42 Å². The lowest BCUT2D eigenvalue weighted by molar-refractivity contribution is 0.624. The third-order valence-electron chi connectivity index (χ3n) is 1.59. The van der Waals surface area contributed by atoms with E-state index in [-0.39, 0.29) is 5.82 Å². The van der Waals surface area contributed by atoms with E-state index in [4.69, 9.17) is 0 Å². The molecule has 0 saturated carbocycles. The molecule has 1 nitrogen and oxygen atoms in total. The Labute approximate surface area is 77.4 Å². The molecule has 0 unspecified atom stereocenters. The lowest BCUT2D eigenvalue weighted by Crippen LogP contribution is -2.14. The predicted molar refractivity (Wildman–Crippen MR) is 52.0 cm³/mol. The summed E-state index contributed by atoms with van der Waals surface area (Å²) in [6, 6.07) is 6.66. The van der Waals surface area contributed by atoms with Crippen LogP contribution in [0.15, 0.2) is 24.3 Å². The number of thiol groups is 1. The van der Waals surface area contributed by atoms with Crippen LogP contribution < -0.4 is 5.32 Å². The Morgan fingerprint density at radius 3 is 2.92 bits per heavy atom. The zero-order chi connectivity index (χ0) is 8.81. The van der Waals surface area contributed by atoms with Gasteiger partial charge in [-0.05, 0) is 30.7 Å². The van der Waals surface area contributed by atoms with Crippen molar-refractivity contribution in [3.8, 4) is 0 Å². The summed E-state index contributed by atoms with van der Waals surface area (Å²) >= 11 is 4.00. The molecule has 12 heavy (non-hydrogen) atoms. The summed E-state index contributed by atoms with van der Waals surface area (Å²) in [5, 5.41) is 3.06. The van der Waals surface area contributed by atoms with Crippen molar-refractivity contribution in [3.05, 3.63) is 35.6 Å². The van der Waals surface area contributed by atoms with Gasteiger partial charge in [0.1, 0.15) is 5.82 Å². The van der Waals surface area contributed by atoms with Crippen molar-refractivity contribution < 1.29 is 4.39 Å². The zero-order valence-electron chi connectivity index (χ0n) is 6.76. The highest BCUT2D eigenvalue weighted by atomic mass is 32.1. The Morgan fingerprint density at radius 2 is 2.25 bits per heavy atom. The first-order valence-electron chi connectivity index (χ1n) is 3.89. The molecule has 0 aromatic heterocycles. The van der Waals surface area contributed by atoms with Crippen LogP contribution in [0, 0.1) is 5.82 Å². The number of rotatable bonds is 4. The van der Waals surface area contributed by atoms with Gasteiger partial charge in [-0.3, -0.25) is 0 Å². The molecule has 0 aliphatic rings. The van der Waals surface area contributed by atoms with Crippen molar-refractivity contribution in [2.75, 3.05) is 12.4 Å². The van der Waals surface area contributed by atoms with Gasteiger partial charge in [-0.2, -0.15) is 12.6 Å². The lowest BCUT2D eigenvalue weighted by Gasteiger charge is -2.01. The number of halogens is 1. The maximum atomic E-state index is 12.6. The minimum atomic E-state index is -0.168. The van der Waals surface area contributed by atoms with E-state index in [2.05, 4.69) is 17.9 Å². The highest BCUT2D eigenvalue weighted by Crippen LogP contribution is 2.03. The molecule has 0 amide bonds. The van der Waals surface area contributed by atoms with E-state index in [1.807, 2.05) is 6.07 Å². The molecule has 3 heteroatoms. The predicted octanol–water partition coefficient (Wildman–Crippen LogP) is 1.85. The van der Waals surface area contributed by atoms with Crippen LogP contribution in [0.4, 0.5) is 4.39 Å². The van der Waals surface area contributed by atoms with E-state index in [0.29, 0.717) is 5.88 Å². The molecular weight excluding hydrogens is 173 g/mol. The summed E-state index contributed by atoms with van der Waals surface area (Å²) in [6.07, 6.45) is 0.846. The Morgan fingerprint density at radius 1 is 1.42 bits per heavy atom. The van der Waals surface area contributed by atoms with Crippen molar-refractivity contribution in [2.24, 2.45) is 0 Å². The van der Waals surface area contributed by atoms with Crippen LogP contribution in [0.3, 0.4) is 0 Å².